The average Bonchev–Trinajstić information content (AvgIpc) is 2.85. The first-order valence-corrected chi connectivity index (χ1v) is 5.96. The van der Waals surface area contributed by atoms with E-state index in [9.17, 15) is 4.79 Å². The second kappa shape index (κ2) is 4.88. The average molecular weight is 346 g/mol. The van der Waals surface area contributed by atoms with Gasteiger partial charge in [0.2, 0.25) is 0 Å². The van der Waals surface area contributed by atoms with Crippen molar-refractivity contribution in [2.24, 2.45) is 5.84 Å². The lowest BCUT2D eigenvalue weighted by Gasteiger charge is -1.97. The van der Waals surface area contributed by atoms with Crippen LogP contribution in [0.25, 0.3) is 0 Å². The van der Waals surface area contributed by atoms with Crippen LogP contribution >= 0.6 is 22.6 Å². The molecule has 0 aliphatic carbocycles. The van der Waals surface area contributed by atoms with Crippen LogP contribution in [0.1, 0.15) is 21.9 Å². The molecule has 90 valence electrons. The summed E-state index contributed by atoms with van der Waals surface area (Å²) < 4.78 is 8.21. The number of nitrogens with zero attached hydrogens (tertiary/aromatic N) is 2. The minimum Gasteiger partial charge on any atom is -0.454 e. The fourth-order valence-electron chi connectivity index (χ4n) is 1.50. The van der Waals surface area contributed by atoms with E-state index in [4.69, 9.17) is 10.3 Å². The maximum atomic E-state index is 11.4. The molecule has 0 bridgehead atoms. The molecule has 2 rings (SSSR count). The highest BCUT2D eigenvalue weighted by Crippen LogP contribution is 2.15. The van der Waals surface area contributed by atoms with E-state index >= 15 is 0 Å². The number of furan rings is 1. The number of carbonyl (C=O) groups excluding carboxylic acids is 1. The molecule has 6 nitrogen and oxygen atoms in total. The number of hydrogen-bond acceptors (Lipinski definition) is 4. The second-order valence-electron chi connectivity index (χ2n) is 3.55. The summed E-state index contributed by atoms with van der Waals surface area (Å²) in [5.41, 5.74) is 2.80. The summed E-state index contributed by atoms with van der Waals surface area (Å²) in [5.74, 6) is 5.54. The summed E-state index contributed by atoms with van der Waals surface area (Å²) in [6, 6.07) is 1.80. The zero-order chi connectivity index (χ0) is 12.4. The molecule has 0 fully saturated rings. The third-order valence-electron chi connectivity index (χ3n) is 2.23. The second-order valence-corrected chi connectivity index (χ2v) is 4.80. The van der Waals surface area contributed by atoms with Gasteiger partial charge in [-0.3, -0.25) is 14.9 Å². The lowest BCUT2D eigenvalue weighted by Crippen LogP contribution is -2.30. The SMILES string of the molecule is Cc1cc(Cn2cc(I)cn2)oc1C(=O)NN. The zero-order valence-corrected chi connectivity index (χ0v) is 11.3. The van der Waals surface area contributed by atoms with Crippen molar-refractivity contribution in [3.63, 3.8) is 0 Å². The summed E-state index contributed by atoms with van der Waals surface area (Å²) in [6.07, 6.45) is 3.64. The summed E-state index contributed by atoms with van der Waals surface area (Å²) in [7, 11) is 0. The van der Waals surface area contributed by atoms with Crippen molar-refractivity contribution in [3.8, 4) is 0 Å². The van der Waals surface area contributed by atoms with Crippen LogP contribution in [0.3, 0.4) is 0 Å². The van der Waals surface area contributed by atoms with Crippen LogP contribution in [0.2, 0.25) is 0 Å². The summed E-state index contributed by atoms with van der Waals surface area (Å²) >= 11 is 2.18. The van der Waals surface area contributed by atoms with Gasteiger partial charge in [-0.25, -0.2) is 5.84 Å². The normalized spacial score (nSPS) is 10.5. The number of nitrogens with two attached hydrogens (primary N) is 1. The van der Waals surface area contributed by atoms with Crippen molar-refractivity contribution in [3.05, 3.63) is 39.1 Å². The van der Waals surface area contributed by atoms with Crippen LogP contribution in [0, 0.1) is 10.5 Å². The molecule has 17 heavy (non-hydrogen) atoms. The Balaban J connectivity index is 2.20. The van der Waals surface area contributed by atoms with Crippen molar-refractivity contribution < 1.29 is 9.21 Å². The van der Waals surface area contributed by atoms with Gasteiger partial charge in [0, 0.05) is 11.8 Å². The van der Waals surface area contributed by atoms with Gasteiger partial charge in [-0.1, -0.05) is 0 Å². The number of hydrogen-bond donors (Lipinski definition) is 2. The Morgan fingerprint density at radius 2 is 2.47 bits per heavy atom. The van der Waals surface area contributed by atoms with E-state index in [0.717, 1.165) is 9.13 Å². The smallest absolute Gasteiger partial charge is 0.301 e. The van der Waals surface area contributed by atoms with Crippen LogP contribution in [0.4, 0.5) is 0 Å². The molecule has 0 saturated carbocycles. The molecule has 0 atom stereocenters. The number of aryl methyl sites for hydroxylation is 1. The lowest BCUT2D eigenvalue weighted by atomic mass is 10.2. The number of aromatic nitrogens is 2. The third-order valence-corrected chi connectivity index (χ3v) is 2.78. The van der Waals surface area contributed by atoms with Crippen LogP contribution < -0.4 is 11.3 Å². The van der Waals surface area contributed by atoms with Crippen molar-refractivity contribution in [1.29, 1.82) is 0 Å². The maximum Gasteiger partial charge on any atom is 0.301 e. The third kappa shape index (κ3) is 2.67. The molecule has 0 unspecified atom stereocenters. The molecule has 1 amide bonds. The number of nitrogens with one attached hydrogen (secondary N) is 1. The van der Waals surface area contributed by atoms with E-state index < -0.39 is 5.91 Å². The van der Waals surface area contributed by atoms with Gasteiger partial charge in [-0.05, 0) is 35.6 Å². The molecule has 0 aliphatic rings. The fraction of sp³-hybridized carbons (Fsp3) is 0.200. The Morgan fingerprint density at radius 1 is 1.71 bits per heavy atom. The van der Waals surface area contributed by atoms with Crippen LogP contribution in [0.15, 0.2) is 22.9 Å². The topological polar surface area (TPSA) is 86.1 Å². The highest BCUT2D eigenvalue weighted by atomic mass is 127. The minimum atomic E-state index is -0.427. The van der Waals surface area contributed by atoms with Gasteiger partial charge in [0.15, 0.2) is 5.76 Å². The molecule has 0 aromatic carbocycles. The van der Waals surface area contributed by atoms with Crippen LogP contribution in [-0.2, 0) is 6.54 Å². The highest BCUT2D eigenvalue weighted by Gasteiger charge is 2.14. The van der Waals surface area contributed by atoms with Crippen molar-refractivity contribution in [2.45, 2.75) is 13.5 Å². The number of rotatable bonds is 3. The minimum absolute atomic E-state index is 0.240. The maximum absolute atomic E-state index is 11.4. The first-order chi connectivity index (χ1) is 8.10. The molecule has 0 saturated heterocycles. The van der Waals surface area contributed by atoms with E-state index in [1.165, 1.54) is 0 Å². The Hall–Kier alpha value is -1.35. The van der Waals surface area contributed by atoms with Gasteiger partial charge in [-0.15, -0.1) is 0 Å². The zero-order valence-electron chi connectivity index (χ0n) is 9.11. The predicted octanol–water partition coefficient (Wildman–Crippen LogP) is 1.04. The van der Waals surface area contributed by atoms with Gasteiger partial charge in [-0.2, -0.15) is 5.10 Å². The predicted molar refractivity (Wildman–Crippen MR) is 69.1 cm³/mol. The van der Waals surface area contributed by atoms with Gasteiger partial charge in [0.05, 0.1) is 16.3 Å². The highest BCUT2D eigenvalue weighted by molar-refractivity contribution is 14.1. The number of carbonyl (C=O) groups is 1. The molecule has 0 aliphatic heterocycles. The molecule has 7 heteroatoms. The van der Waals surface area contributed by atoms with Crippen molar-refractivity contribution >= 4 is 28.5 Å². The van der Waals surface area contributed by atoms with Crippen LogP contribution in [0.5, 0.6) is 0 Å². The first kappa shape index (κ1) is 12.1. The number of hydrazine groups is 1. The Bertz CT molecular complexity index is 546. The molecule has 0 radical (unpaired) electrons. The molecule has 2 aromatic rings. The molecular formula is C10H11IN4O2. The molecule has 2 aromatic heterocycles. The van der Waals surface area contributed by atoms with Crippen molar-refractivity contribution in [2.75, 3.05) is 0 Å². The van der Waals surface area contributed by atoms with Gasteiger partial charge >= 0.3 is 5.91 Å². The number of nitrogen functional groups attached to an aromatic ring is 1. The largest absolute Gasteiger partial charge is 0.454 e. The molecular weight excluding hydrogens is 335 g/mol. The van der Waals surface area contributed by atoms with E-state index in [0.29, 0.717) is 12.3 Å². The number of halogens is 1. The quantitative estimate of drug-likeness (QED) is 0.376. The molecule has 3 N–H and O–H groups in total. The Labute approximate surface area is 111 Å². The van der Waals surface area contributed by atoms with Gasteiger partial charge in [0.25, 0.3) is 0 Å². The van der Waals surface area contributed by atoms with E-state index in [-0.39, 0.29) is 5.76 Å². The lowest BCUT2D eigenvalue weighted by molar-refractivity contribution is 0.0923. The Morgan fingerprint density at radius 3 is 3.06 bits per heavy atom. The molecule has 0 spiro atoms. The van der Waals surface area contributed by atoms with E-state index in [1.807, 2.05) is 11.6 Å². The van der Waals surface area contributed by atoms with Gasteiger partial charge in [0.1, 0.15) is 5.76 Å². The van der Waals surface area contributed by atoms with E-state index in [1.54, 1.807) is 23.9 Å². The fourth-order valence-corrected chi connectivity index (χ4v) is 1.95. The monoisotopic (exact) mass is 346 g/mol. The number of amides is 1. The van der Waals surface area contributed by atoms with Crippen molar-refractivity contribution in [1.82, 2.24) is 15.2 Å². The van der Waals surface area contributed by atoms with Gasteiger partial charge < -0.3 is 4.42 Å². The summed E-state index contributed by atoms with van der Waals surface area (Å²) in [6.45, 7) is 2.28. The summed E-state index contributed by atoms with van der Waals surface area (Å²) in [5, 5.41) is 4.14. The first-order valence-electron chi connectivity index (χ1n) is 4.88. The molecule has 2 heterocycles. The van der Waals surface area contributed by atoms with E-state index in [2.05, 4.69) is 27.7 Å². The standard InChI is InChI=1S/C10H11IN4O2/c1-6-2-8(17-9(6)10(16)14-12)5-15-4-7(11)3-13-15/h2-4H,5,12H2,1H3,(H,14,16). The summed E-state index contributed by atoms with van der Waals surface area (Å²) in [4.78, 5) is 11.4. The Kier molecular flexibility index (Phi) is 3.48. The van der Waals surface area contributed by atoms with Crippen LogP contribution in [-0.4, -0.2) is 15.7 Å².